The SMILES string of the molecule is Cc1ccccc1SCC(=O)NNC(=S)NC1CCCCC1C. The largest absolute Gasteiger partial charge is 0.358 e. The Kier molecular flexibility index (Phi) is 7.17. The molecular formula is C17H25N3OS2. The smallest absolute Gasteiger partial charge is 0.248 e. The topological polar surface area (TPSA) is 53.2 Å². The van der Waals surface area contributed by atoms with E-state index in [1.54, 1.807) is 0 Å². The standard InChI is InChI=1S/C17H25N3OS2/c1-12-7-3-5-9-14(12)18-17(22)20-19-16(21)11-23-15-10-6-4-8-13(15)2/h4,6,8,10,12,14H,3,5,7,9,11H2,1-2H3,(H,19,21)(H2,18,20,22). The molecule has 2 unspecified atom stereocenters. The Morgan fingerprint density at radius 2 is 2.00 bits per heavy atom. The van der Waals surface area contributed by atoms with Crippen LogP contribution >= 0.6 is 24.0 Å². The van der Waals surface area contributed by atoms with E-state index in [1.165, 1.54) is 36.6 Å². The molecule has 0 spiro atoms. The van der Waals surface area contributed by atoms with Crippen LogP contribution in [0.1, 0.15) is 38.2 Å². The molecule has 4 nitrogen and oxygen atoms in total. The second-order valence-electron chi connectivity index (χ2n) is 6.07. The van der Waals surface area contributed by atoms with Crippen molar-refractivity contribution in [3.05, 3.63) is 29.8 Å². The zero-order valence-corrected chi connectivity index (χ0v) is 15.4. The molecule has 23 heavy (non-hydrogen) atoms. The highest BCUT2D eigenvalue weighted by Gasteiger charge is 2.21. The summed E-state index contributed by atoms with van der Waals surface area (Å²) in [6, 6.07) is 8.45. The van der Waals surface area contributed by atoms with Gasteiger partial charge in [0.25, 0.3) is 0 Å². The highest BCUT2D eigenvalue weighted by atomic mass is 32.2. The summed E-state index contributed by atoms with van der Waals surface area (Å²) in [5, 5.41) is 3.80. The molecule has 1 aliphatic rings. The molecule has 0 heterocycles. The number of benzene rings is 1. The van der Waals surface area contributed by atoms with Crippen molar-refractivity contribution < 1.29 is 4.79 Å². The number of thiocarbonyl (C=S) groups is 1. The maximum atomic E-state index is 11.9. The molecule has 6 heteroatoms. The van der Waals surface area contributed by atoms with Gasteiger partial charge in [-0.1, -0.05) is 38.0 Å². The van der Waals surface area contributed by atoms with Gasteiger partial charge in [0, 0.05) is 10.9 Å². The molecule has 1 saturated carbocycles. The fraction of sp³-hybridized carbons (Fsp3) is 0.529. The van der Waals surface area contributed by atoms with Gasteiger partial charge in [0.2, 0.25) is 5.91 Å². The number of thioether (sulfide) groups is 1. The van der Waals surface area contributed by atoms with Crippen LogP contribution in [0.5, 0.6) is 0 Å². The molecule has 0 bridgehead atoms. The van der Waals surface area contributed by atoms with Crippen molar-refractivity contribution in [2.75, 3.05) is 5.75 Å². The van der Waals surface area contributed by atoms with Gasteiger partial charge >= 0.3 is 0 Å². The van der Waals surface area contributed by atoms with Gasteiger partial charge in [0.05, 0.1) is 5.75 Å². The summed E-state index contributed by atoms with van der Waals surface area (Å²) >= 11 is 6.79. The van der Waals surface area contributed by atoms with E-state index in [2.05, 4.69) is 23.1 Å². The van der Waals surface area contributed by atoms with Crippen LogP contribution in [0, 0.1) is 12.8 Å². The van der Waals surface area contributed by atoms with Crippen molar-refractivity contribution in [3.8, 4) is 0 Å². The van der Waals surface area contributed by atoms with Crippen LogP contribution in [0.4, 0.5) is 0 Å². The Balaban J connectivity index is 1.67. The van der Waals surface area contributed by atoms with Gasteiger partial charge in [0.15, 0.2) is 5.11 Å². The Morgan fingerprint density at radius 3 is 2.74 bits per heavy atom. The number of amides is 1. The molecule has 2 atom stereocenters. The molecule has 0 aromatic heterocycles. The molecule has 126 valence electrons. The number of hydrogen-bond acceptors (Lipinski definition) is 3. The predicted octanol–water partition coefficient (Wildman–Crippen LogP) is 3.16. The third-order valence-electron chi connectivity index (χ3n) is 4.20. The average molecular weight is 352 g/mol. The minimum absolute atomic E-state index is 0.0842. The third-order valence-corrected chi connectivity index (χ3v) is 5.59. The number of carbonyl (C=O) groups is 1. The number of hydrogen-bond donors (Lipinski definition) is 3. The lowest BCUT2D eigenvalue weighted by atomic mass is 9.86. The van der Waals surface area contributed by atoms with Crippen LogP contribution in [-0.2, 0) is 4.79 Å². The summed E-state index contributed by atoms with van der Waals surface area (Å²) in [7, 11) is 0. The van der Waals surface area contributed by atoms with E-state index in [1.807, 2.05) is 31.2 Å². The fourth-order valence-electron chi connectivity index (χ4n) is 2.76. The van der Waals surface area contributed by atoms with Crippen LogP contribution < -0.4 is 16.2 Å². The lowest BCUT2D eigenvalue weighted by Gasteiger charge is -2.30. The van der Waals surface area contributed by atoms with Crippen molar-refractivity contribution in [2.24, 2.45) is 5.92 Å². The summed E-state index contributed by atoms with van der Waals surface area (Å²) in [4.78, 5) is 13.0. The molecule has 1 aromatic carbocycles. The molecule has 0 saturated heterocycles. The fourth-order valence-corrected chi connectivity index (χ4v) is 3.79. The summed E-state index contributed by atoms with van der Waals surface area (Å²) in [6.07, 6.45) is 4.91. The van der Waals surface area contributed by atoms with Gasteiger partial charge < -0.3 is 5.32 Å². The minimum atomic E-state index is -0.0842. The molecule has 1 fully saturated rings. The first-order valence-electron chi connectivity index (χ1n) is 8.10. The molecule has 1 aromatic rings. The Hall–Kier alpha value is -1.27. The number of hydrazine groups is 1. The second kappa shape index (κ2) is 9.13. The Morgan fingerprint density at radius 1 is 1.26 bits per heavy atom. The molecule has 0 radical (unpaired) electrons. The van der Waals surface area contributed by atoms with Crippen molar-refractivity contribution >= 4 is 35.0 Å². The van der Waals surface area contributed by atoms with Crippen molar-refractivity contribution in [3.63, 3.8) is 0 Å². The van der Waals surface area contributed by atoms with Crippen molar-refractivity contribution in [1.29, 1.82) is 0 Å². The van der Waals surface area contributed by atoms with Crippen LogP contribution in [-0.4, -0.2) is 22.8 Å². The van der Waals surface area contributed by atoms with Gasteiger partial charge in [-0.15, -0.1) is 11.8 Å². The summed E-state index contributed by atoms with van der Waals surface area (Å²) in [5.41, 5.74) is 6.65. The number of aryl methyl sites for hydroxylation is 1. The van der Waals surface area contributed by atoms with E-state index in [9.17, 15) is 4.79 Å². The monoisotopic (exact) mass is 351 g/mol. The molecule has 1 aliphatic carbocycles. The van der Waals surface area contributed by atoms with Crippen LogP contribution in [0.25, 0.3) is 0 Å². The lowest BCUT2D eigenvalue weighted by Crippen LogP contribution is -2.52. The summed E-state index contributed by atoms with van der Waals surface area (Å²) < 4.78 is 0. The van der Waals surface area contributed by atoms with Gasteiger partial charge in [-0.2, -0.15) is 0 Å². The zero-order valence-electron chi connectivity index (χ0n) is 13.7. The Labute approximate surface area is 148 Å². The van der Waals surface area contributed by atoms with Crippen LogP contribution in [0.15, 0.2) is 29.2 Å². The maximum absolute atomic E-state index is 11.9. The number of rotatable bonds is 4. The van der Waals surface area contributed by atoms with E-state index in [0.29, 0.717) is 22.8 Å². The van der Waals surface area contributed by atoms with E-state index in [4.69, 9.17) is 12.2 Å². The van der Waals surface area contributed by atoms with Gasteiger partial charge in [0.1, 0.15) is 0 Å². The van der Waals surface area contributed by atoms with E-state index in [-0.39, 0.29) is 5.91 Å². The third kappa shape index (κ3) is 6.03. The first-order chi connectivity index (χ1) is 11.1. The van der Waals surface area contributed by atoms with Crippen molar-refractivity contribution in [2.45, 2.75) is 50.5 Å². The van der Waals surface area contributed by atoms with Crippen LogP contribution in [0.3, 0.4) is 0 Å². The van der Waals surface area contributed by atoms with Crippen LogP contribution in [0.2, 0.25) is 0 Å². The molecule has 2 rings (SSSR count). The molecule has 1 amide bonds. The highest BCUT2D eigenvalue weighted by Crippen LogP contribution is 2.23. The normalized spacial score (nSPS) is 20.6. The maximum Gasteiger partial charge on any atom is 0.248 e. The minimum Gasteiger partial charge on any atom is -0.358 e. The second-order valence-corrected chi connectivity index (χ2v) is 7.49. The van der Waals surface area contributed by atoms with Gasteiger partial charge in [-0.3, -0.25) is 15.6 Å². The van der Waals surface area contributed by atoms with E-state index < -0.39 is 0 Å². The van der Waals surface area contributed by atoms with Gasteiger partial charge in [-0.05, 0) is 49.5 Å². The van der Waals surface area contributed by atoms with Gasteiger partial charge in [-0.25, -0.2) is 0 Å². The lowest BCUT2D eigenvalue weighted by molar-refractivity contribution is -0.119. The average Bonchev–Trinajstić information content (AvgIpc) is 2.54. The summed E-state index contributed by atoms with van der Waals surface area (Å²) in [5.74, 6) is 0.898. The quantitative estimate of drug-likeness (QED) is 0.442. The number of carbonyl (C=O) groups excluding carboxylic acids is 1. The van der Waals surface area contributed by atoms with E-state index >= 15 is 0 Å². The first-order valence-corrected chi connectivity index (χ1v) is 9.49. The molecular weight excluding hydrogens is 326 g/mol. The Bertz CT molecular complexity index is 550. The predicted molar refractivity (Wildman–Crippen MR) is 100 cm³/mol. The highest BCUT2D eigenvalue weighted by molar-refractivity contribution is 8.00. The molecule has 0 aliphatic heterocycles. The first kappa shape index (κ1) is 18.1. The van der Waals surface area contributed by atoms with Crippen molar-refractivity contribution in [1.82, 2.24) is 16.2 Å². The van der Waals surface area contributed by atoms with E-state index in [0.717, 1.165) is 11.3 Å². The molecule has 3 N–H and O–H groups in total. The number of nitrogens with one attached hydrogen (secondary N) is 3. The zero-order chi connectivity index (χ0) is 16.7. The summed E-state index contributed by atoms with van der Waals surface area (Å²) in [6.45, 7) is 4.29.